The van der Waals surface area contributed by atoms with Crippen LogP contribution in [0, 0.1) is 0 Å². The third-order valence-electron chi connectivity index (χ3n) is 3.26. The smallest absolute Gasteiger partial charge is 0.221 e. The summed E-state index contributed by atoms with van der Waals surface area (Å²) in [4.78, 5) is 11.9. The summed E-state index contributed by atoms with van der Waals surface area (Å²) in [6.07, 6.45) is 1.01. The molecule has 0 aromatic carbocycles. The molecule has 7 heteroatoms. The van der Waals surface area contributed by atoms with Crippen LogP contribution < -0.4 is 10.6 Å². The lowest BCUT2D eigenvalue weighted by Crippen LogP contribution is -2.48. The summed E-state index contributed by atoms with van der Waals surface area (Å²) >= 11 is 1.64. The molecule has 1 amide bonds. The Morgan fingerprint density at radius 2 is 2.40 bits per heavy atom. The van der Waals surface area contributed by atoms with E-state index in [4.69, 9.17) is 0 Å². The van der Waals surface area contributed by atoms with Crippen molar-refractivity contribution in [1.82, 2.24) is 10.6 Å². The van der Waals surface area contributed by atoms with Gasteiger partial charge in [0.1, 0.15) is 0 Å². The van der Waals surface area contributed by atoms with Gasteiger partial charge in [-0.1, -0.05) is 0 Å². The number of thiophene rings is 1. The van der Waals surface area contributed by atoms with E-state index in [9.17, 15) is 13.2 Å². The first kappa shape index (κ1) is 15.5. The minimum absolute atomic E-state index is 0.0531. The van der Waals surface area contributed by atoms with Crippen LogP contribution >= 0.6 is 11.3 Å². The molecular weight excluding hydrogens is 296 g/mol. The fourth-order valence-electron chi connectivity index (χ4n) is 2.37. The van der Waals surface area contributed by atoms with Gasteiger partial charge in [-0.2, -0.15) is 11.3 Å². The maximum Gasteiger partial charge on any atom is 0.221 e. The summed E-state index contributed by atoms with van der Waals surface area (Å²) in [5.74, 6) is 0.126. The van der Waals surface area contributed by atoms with Crippen molar-refractivity contribution in [3.05, 3.63) is 22.4 Å². The lowest BCUT2D eigenvalue weighted by Gasteiger charge is -2.24. The molecule has 1 fully saturated rings. The summed E-state index contributed by atoms with van der Waals surface area (Å²) in [6.45, 7) is 2.39. The molecule has 20 heavy (non-hydrogen) atoms. The second-order valence-electron chi connectivity index (χ2n) is 5.27. The molecule has 0 aliphatic carbocycles. The molecule has 2 rings (SSSR count). The van der Waals surface area contributed by atoms with Crippen molar-refractivity contribution in [2.45, 2.75) is 31.8 Å². The summed E-state index contributed by atoms with van der Waals surface area (Å²) < 4.78 is 23.0. The molecular formula is C13H20N2O3S2. The van der Waals surface area contributed by atoms with E-state index < -0.39 is 9.84 Å². The van der Waals surface area contributed by atoms with E-state index in [0.29, 0.717) is 6.54 Å². The highest BCUT2D eigenvalue weighted by atomic mass is 32.2. The first-order valence-corrected chi connectivity index (χ1v) is 9.45. The van der Waals surface area contributed by atoms with Crippen LogP contribution in [0.25, 0.3) is 0 Å². The molecule has 1 aliphatic heterocycles. The van der Waals surface area contributed by atoms with Crippen molar-refractivity contribution in [2.24, 2.45) is 0 Å². The van der Waals surface area contributed by atoms with Crippen molar-refractivity contribution in [3.63, 3.8) is 0 Å². The third kappa shape index (κ3) is 4.88. The zero-order valence-corrected chi connectivity index (χ0v) is 13.1. The quantitative estimate of drug-likeness (QED) is 0.833. The van der Waals surface area contributed by atoms with Gasteiger partial charge in [0.15, 0.2) is 9.84 Å². The van der Waals surface area contributed by atoms with E-state index in [0.717, 1.165) is 6.42 Å². The van der Waals surface area contributed by atoms with E-state index >= 15 is 0 Å². The Labute approximate surface area is 123 Å². The minimum atomic E-state index is -2.99. The van der Waals surface area contributed by atoms with Gasteiger partial charge in [0.25, 0.3) is 0 Å². The van der Waals surface area contributed by atoms with Gasteiger partial charge in [0, 0.05) is 25.0 Å². The van der Waals surface area contributed by atoms with E-state index in [-0.39, 0.29) is 35.9 Å². The predicted octanol–water partition coefficient (Wildman–Crippen LogP) is 0.572. The van der Waals surface area contributed by atoms with Crippen molar-refractivity contribution >= 4 is 27.1 Å². The fourth-order valence-corrected chi connectivity index (χ4v) is 4.50. The van der Waals surface area contributed by atoms with Crippen LogP contribution in [0.4, 0.5) is 0 Å². The van der Waals surface area contributed by atoms with Crippen LogP contribution in [0.1, 0.15) is 18.9 Å². The van der Waals surface area contributed by atoms with Crippen molar-refractivity contribution in [2.75, 3.05) is 18.1 Å². The van der Waals surface area contributed by atoms with Crippen LogP contribution in [0.5, 0.6) is 0 Å². The van der Waals surface area contributed by atoms with Crippen LogP contribution in [0.15, 0.2) is 16.8 Å². The average molecular weight is 316 g/mol. The number of hydrogen-bond acceptors (Lipinski definition) is 5. The number of rotatable bonds is 5. The normalized spacial score (nSPS) is 23.1. The Hall–Kier alpha value is -0.920. The molecule has 1 aromatic rings. The molecule has 1 aromatic heterocycles. The Bertz CT molecular complexity index is 540. The molecule has 5 nitrogen and oxygen atoms in total. The van der Waals surface area contributed by atoms with Crippen molar-refractivity contribution in [3.8, 4) is 0 Å². The molecule has 0 radical (unpaired) electrons. The maximum absolute atomic E-state index is 11.9. The predicted molar refractivity (Wildman–Crippen MR) is 80.7 cm³/mol. The second-order valence-corrected chi connectivity index (χ2v) is 8.28. The molecule has 1 aliphatic rings. The molecule has 2 heterocycles. The third-order valence-corrected chi connectivity index (χ3v) is 5.73. The van der Waals surface area contributed by atoms with Gasteiger partial charge in [-0.25, -0.2) is 8.42 Å². The van der Waals surface area contributed by atoms with Gasteiger partial charge >= 0.3 is 0 Å². The molecule has 0 spiro atoms. The van der Waals surface area contributed by atoms with Crippen LogP contribution in [0.3, 0.4) is 0 Å². The van der Waals surface area contributed by atoms with Crippen LogP contribution in [0.2, 0.25) is 0 Å². The lowest BCUT2D eigenvalue weighted by atomic mass is 10.1. The second kappa shape index (κ2) is 6.69. The van der Waals surface area contributed by atoms with Gasteiger partial charge in [0.05, 0.1) is 11.5 Å². The number of carbonyl (C=O) groups is 1. The zero-order valence-electron chi connectivity index (χ0n) is 11.5. The summed E-state index contributed by atoms with van der Waals surface area (Å²) in [5, 5.41) is 10.1. The average Bonchev–Trinajstić information content (AvgIpc) is 2.79. The molecule has 2 atom stereocenters. The van der Waals surface area contributed by atoms with Gasteiger partial charge in [-0.3, -0.25) is 4.79 Å². The Morgan fingerprint density at radius 1 is 1.60 bits per heavy atom. The molecule has 0 bridgehead atoms. The number of sulfone groups is 1. The summed E-state index contributed by atoms with van der Waals surface area (Å²) in [6, 6.07) is 1.84. The Morgan fingerprint density at radius 3 is 3.05 bits per heavy atom. The van der Waals surface area contributed by atoms with Gasteiger partial charge in [-0.05, 0) is 35.7 Å². The summed E-state index contributed by atoms with van der Waals surface area (Å²) in [5.41, 5.74) is 1.21. The fraction of sp³-hybridized carbons (Fsp3) is 0.615. The number of carbonyl (C=O) groups excluding carboxylic acids is 1. The van der Waals surface area contributed by atoms with Gasteiger partial charge in [-0.15, -0.1) is 0 Å². The number of nitrogens with one attached hydrogen (secondary N) is 2. The van der Waals surface area contributed by atoms with Crippen molar-refractivity contribution in [1.29, 1.82) is 0 Å². The molecule has 0 saturated carbocycles. The summed E-state index contributed by atoms with van der Waals surface area (Å²) in [7, 11) is -2.99. The molecule has 2 unspecified atom stereocenters. The lowest BCUT2D eigenvalue weighted by molar-refractivity contribution is -0.122. The highest BCUT2D eigenvalue weighted by Gasteiger charge is 2.26. The highest BCUT2D eigenvalue weighted by Crippen LogP contribution is 2.09. The topological polar surface area (TPSA) is 75.3 Å². The largest absolute Gasteiger partial charge is 0.353 e. The van der Waals surface area contributed by atoms with E-state index in [2.05, 4.69) is 16.0 Å². The van der Waals surface area contributed by atoms with Crippen molar-refractivity contribution < 1.29 is 13.2 Å². The monoisotopic (exact) mass is 316 g/mol. The van der Waals surface area contributed by atoms with Gasteiger partial charge in [0.2, 0.25) is 5.91 Å². The Balaban J connectivity index is 1.77. The molecule has 2 N–H and O–H groups in total. The number of amides is 1. The first-order valence-electron chi connectivity index (χ1n) is 6.69. The van der Waals surface area contributed by atoms with Gasteiger partial charge < -0.3 is 10.6 Å². The molecule has 1 saturated heterocycles. The van der Waals surface area contributed by atoms with E-state index in [1.807, 2.05) is 18.4 Å². The first-order chi connectivity index (χ1) is 9.44. The SMILES string of the molecule is CC(Cc1ccsc1)NC(=O)CC1CS(=O)(=O)CCN1. The Kier molecular flexibility index (Phi) is 5.17. The molecule has 112 valence electrons. The standard InChI is InChI=1S/C13H20N2O3S2/c1-10(6-11-2-4-19-8-11)15-13(16)7-12-9-20(17,18)5-3-14-12/h2,4,8,10,12,14H,3,5-7,9H2,1H3,(H,15,16). The van der Waals surface area contributed by atoms with E-state index in [1.54, 1.807) is 11.3 Å². The maximum atomic E-state index is 11.9. The number of hydrogen-bond donors (Lipinski definition) is 2. The van der Waals surface area contributed by atoms with E-state index in [1.165, 1.54) is 5.56 Å². The minimum Gasteiger partial charge on any atom is -0.353 e. The zero-order chi connectivity index (χ0) is 14.6. The highest BCUT2D eigenvalue weighted by molar-refractivity contribution is 7.91. The van der Waals surface area contributed by atoms with Crippen LogP contribution in [-0.4, -0.2) is 44.5 Å². The van der Waals surface area contributed by atoms with Crippen LogP contribution in [-0.2, 0) is 21.1 Å².